The molecular formula is C16H12ClNO. The molecule has 0 saturated carbocycles. The van der Waals surface area contributed by atoms with Gasteiger partial charge in [-0.15, -0.1) is 0 Å². The average molecular weight is 270 g/mol. The molecule has 94 valence electrons. The molecular weight excluding hydrogens is 258 g/mol. The third-order valence-electron chi connectivity index (χ3n) is 2.73. The lowest BCUT2D eigenvalue weighted by Crippen LogP contribution is -1.85. The molecule has 2 aromatic carbocycles. The van der Waals surface area contributed by atoms with Gasteiger partial charge in [0.15, 0.2) is 0 Å². The van der Waals surface area contributed by atoms with E-state index in [-0.39, 0.29) is 0 Å². The van der Waals surface area contributed by atoms with Crippen LogP contribution in [0.2, 0.25) is 5.02 Å². The van der Waals surface area contributed by atoms with Crippen LogP contribution in [0.4, 0.5) is 0 Å². The van der Waals surface area contributed by atoms with Gasteiger partial charge in [-0.2, -0.15) is 5.26 Å². The van der Waals surface area contributed by atoms with E-state index in [4.69, 9.17) is 16.3 Å². The summed E-state index contributed by atoms with van der Waals surface area (Å²) in [5.41, 5.74) is 2.23. The van der Waals surface area contributed by atoms with Gasteiger partial charge in [0.25, 0.3) is 0 Å². The molecule has 0 spiro atoms. The third kappa shape index (κ3) is 3.15. The van der Waals surface area contributed by atoms with Crippen molar-refractivity contribution in [2.24, 2.45) is 0 Å². The van der Waals surface area contributed by atoms with Gasteiger partial charge in [-0.05, 0) is 47.5 Å². The highest BCUT2D eigenvalue weighted by Crippen LogP contribution is 2.24. The molecule has 0 aliphatic rings. The van der Waals surface area contributed by atoms with Gasteiger partial charge in [0.05, 0.1) is 18.8 Å². The summed E-state index contributed by atoms with van der Waals surface area (Å²) in [5, 5.41) is 9.89. The fourth-order valence-corrected chi connectivity index (χ4v) is 1.89. The summed E-state index contributed by atoms with van der Waals surface area (Å²) in [7, 11) is 1.61. The Morgan fingerprint density at radius 1 is 1.16 bits per heavy atom. The summed E-state index contributed by atoms with van der Waals surface area (Å²) in [4.78, 5) is 0. The van der Waals surface area contributed by atoms with Crippen molar-refractivity contribution in [2.45, 2.75) is 0 Å². The number of hydrogen-bond donors (Lipinski definition) is 0. The van der Waals surface area contributed by atoms with Crippen molar-refractivity contribution in [2.75, 3.05) is 7.11 Å². The number of methoxy groups -OCH3 is 1. The van der Waals surface area contributed by atoms with E-state index >= 15 is 0 Å². The van der Waals surface area contributed by atoms with Crippen LogP contribution < -0.4 is 4.74 Å². The fourth-order valence-electron chi connectivity index (χ4n) is 1.70. The number of nitrogens with zero attached hydrogens (tertiary/aromatic N) is 1. The number of benzene rings is 2. The van der Waals surface area contributed by atoms with Gasteiger partial charge in [-0.25, -0.2) is 0 Å². The molecule has 0 aliphatic heterocycles. The van der Waals surface area contributed by atoms with E-state index in [9.17, 15) is 5.26 Å². The number of ether oxygens (including phenoxy) is 1. The van der Waals surface area contributed by atoms with Crippen molar-refractivity contribution >= 4 is 23.3 Å². The van der Waals surface area contributed by atoms with Gasteiger partial charge in [-0.3, -0.25) is 0 Å². The molecule has 0 aliphatic carbocycles. The fraction of sp³-hybridized carbons (Fsp3) is 0.0625. The molecule has 0 heterocycles. The molecule has 0 fully saturated rings. The maximum Gasteiger partial charge on any atom is 0.118 e. The lowest BCUT2D eigenvalue weighted by molar-refractivity contribution is 0.415. The molecule has 3 heteroatoms. The van der Waals surface area contributed by atoms with E-state index in [1.54, 1.807) is 19.3 Å². The highest BCUT2D eigenvalue weighted by molar-refractivity contribution is 6.32. The molecule has 0 saturated heterocycles. The summed E-state index contributed by atoms with van der Waals surface area (Å²) >= 11 is 6.09. The molecule has 19 heavy (non-hydrogen) atoms. The van der Waals surface area contributed by atoms with Crippen molar-refractivity contribution in [3.05, 3.63) is 64.7 Å². The van der Waals surface area contributed by atoms with Gasteiger partial charge in [0.1, 0.15) is 5.75 Å². The molecule has 0 unspecified atom stereocenters. The van der Waals surface area contributed by atoms with Crippen LogP contribution in [0.25, 0.3) is 11.6 Å². The third-order valence-corrected chi connectivity index (χ3v) is 3.07. The van der Waals surface area contributed by atoms with Gasteiger partial charge in [0, 0.05) is 5.02 Å². The van der Waals surface area contributed by atoms with Crippen LogP contribution in [0.3, 0.4) is 0 Å². The minimum Gasteiger partial charge on any atom is -0.497 e. The van der Waals surface area contributed by atoms with Crippen molar-refractivity contribution in [3.63, 3.8) is 0 Å². The van der Waals surface area contributed by atoms with E-state index in [0.29, 0.717) is 10.6 Å². The highest BCUT2D eigenvalue weighted by atomic mass is 35.5. The minimum atomic E-state index is 0.566. The predicted molar refractivity (Wildman–Crippen MR) is 77.9 cm³/mol. The number of rotatable bonds is 3. The smallest absolute Gasteiger partial charge is 0.118 e. The number of allylic oxidation sites excluding steroid dienone is 1. The Labute approximate surface area is 117 Å². The summed E-state index contributed by atoms with van der Waals surface area (Å²) in [5.74, 6) is 0.763. The Balaban J connectivity index is 2.40. The zero-order valence-electron chi connectivity index (χ0n) is 10.4. The SMILES string of the molecule is COc1ccc(/C(C#N)=C/c2ccccc2Cl)cc1. The van der Waals surface area contributed by atoms with Crippen LogP contribution in [-0.2, 0) is 0 Å². The number of halogens is 1. The highest BCUT2D eigenvalue weighted by Gasteiger charge is 2.03. The first-order valence-electron chi connectivity index (χ1n) is 5.75. The Bertz CT molecular complexity index is 639. The van der Waals surface area contributed by atoms with Crippen LogP contribution in [0.1, 0.15) is 11.1 Å². The van der Waals surface area contributed by atoms with Crippen LogP contribution in [0.15, 0.2) is 48.5 Å². The standard InChI is InChI=1S/C16H12ClNO/c1-19-15-8-6-12(7-9-15)14(11-18)10-13-4-2-3-5-16(13)17/h2-10H,1H3/b14-10+. The van der Waals surface area contributed by atoms with Gasteiger partial charge >= 0.3 is 0 Å². The molecule has 0 amide bonds. The number of nitriles is 1. The molecule has 0 N–H and O–H groups in total. The first kappa shape index (κ1) is 13.2. The van der Waals surface area contributed by atoms with Crippen LogP contribution in [-0.4, -0.2) is 7.11 Å². The minimum absolute atomic E-state index is 0.566. The lowest BCUT2D eigenvalue weighted by atomic mass is 10.0. The van der Waals surface area contributed by atoms with Crippen LogP contribution >= 0.6 is 11.6 Å². The molecule has 2 rings (SSSR count). The topological polar surface area (TPSA) is 33.0 Å². The lowest BCUT2D eigenvalue weighted by Gasteiger charge is -2.03. The second kappa shape index (κ2) is 6.08. The molecule has 2 nitrogen and oxygen atoms in total. The van der Waals surface area contributed by atoms with E-state index < -0.39 is 0 Å². The summed E-state index contributed by atoms with van der Waals surface area (Å²) in [6, 6.07) is 17.0. The molecule has 0 radical (unpaired) electrons. The first-order chi connectivity index (χ1) is 9.24. The van der Waals surface area contributed by atoms with Crippen molar-refractivity contribution in [1.82, 2.24) is 0 Å². The molecule has 0 atom stereocenters. The van der Waals surface area contributed by atoms with Gasteiger partial charge < -0.3 is 4.74 Å². The zero-order valence-corrected chi connectivity index (χ0v) is 11.2. The molecule has 0 bridgehead atoms. The average Bonchev–Trinajstić information content (AvgIpc) is 2.47. The Morgan fingerprint density at radius 3 is 2.42 bits per heavy atom. The largest absolute Gasteiger partial charge is 0.497 e. The van der Waals surface area contributed by atoms with Crippen molar-refractivity contribution in [1.29, 1.82) is 5.26 Å². The zero-order chi connectivity index (χ0) is 13.7. The first-order valence-corrected chi connectivity index (χ1v) is 6.13. The maximum atomic E-state index is 9.27. The predicted octanol–water partition coefficient (Wildman–Crippen LogP) is 4.41. The number of hydrogen-bond acceptors (Lipinski definition) is 2. The maximum absolute atomic E-state index is 9.27. The quantitative estimate of drug-likeness (QED) is 0.611. The second-order valence-electron chi connectivity index (χ2n) is 3.92. The summed E-state index contributed by atoms with van der Waals surface area (Å²) in [6.45, 7) is 0. The Morgan fingerprint density at radius 2 is 1.84 bits per heavy atom. The normalized spacial score (nSPS) is 10.9. The summed E-state index contributed by atoms with van der Waals surface area (Å²) < 4.78 is 5.10. The Kier molecular flexibility index (Phi) is 4.22. The van der Waals surface area contributed by atoms with E-state index in [2.05, 4.69) is 6.07 Å². The van der Waals surface area contributed by atoms with E-state index in [1.807, 2.05) is 42.5 Å². The van der Waals surface area contributed by atoms with E-state index in [0.717, 1.165) is 16.9 Å². The van der Waals surface area contributed by atoms with Crippen molar-refractivity contribution < 1.29 is 4.74 Å². The van der Waals surface area contributed by atoms with Crippen molar-refractivity contribution in [3.8, 4) is 11.8 Å². The van der Waals surface area contributed by atoms with Crippen LogP contribution in [0, 0.1) is 11.3 Å². The van der Waals surface area contributed by atoms with Gasteiger partial charge in [-0.1, -0.05) is 29.8 Å². The molecule has 2 aromatic rings. The van der Waals surface area contributed by atoms with Crippen LogP contribution in [0.5, 0.6) is 5.75 Å². The Hall–Kier alpha value is -2.24. The van der Waals surface area contributed by atoms with Gasteiger partial charge in [0.2, 0.25) is 0 Å². The monoisotopic (exact) mass is 269 g/mol. The van der Waals surface area contributed by atoms with E-state index in [1.165, 1.54) is 0 Å². The molecule has 0 aromatic heterocycles. The summed E-state index contributed by atoms with van der Waals surface area (Å²) in [6.07, 6.45) is 1.78. The second-order valence-corrected chi connectivity index (χ2v) is 4.33.